The number of hydrogen-bond acceptors (Lipinski definition) is 2. The van der Waals surface area contributed by atoms with Crippen LogP contribution in [0.2, 0.25) is 0 Å². The molecule has 0 aliphatic heterocycles. The van der Waals surface area contributed by atoms with Gasteiger partial charge in [-0.15, -0.1) is 0 Å². The molecule has 12 heavy (non-hydrogen) atoms. The molecule has 0 aliphatic carbocycles. The second-order valence-corrected chi connectivity index (χ2v) is 2.89. The molecule has 0 atom stereocenters. The van der Waals surface area contributed by atoms with E-state index in [0.717, 1.165) is 12.8 Å². The summed E-state index contributed by atoms with van der Waals surface area (Å²) < 4.78 is 0. The third-order valence-electron chi connectivity index (χ3n) is 1.73. The number of hydrogen-bond donors (Lipinski definition) is 0. The third-order valence-corrected chi connectivity index (χ3v) is 1.73. The van der Waals surface area contributed by atoms with E-state index in [1.807, 2.05) is 0 Å². The van der Waals surface area contributed by atoms with E-state index >= 15 is 0 Å². The zero-order valence-electron chi connectivity index (χ0n) is 7.57. The first kappa shape index (κ1) is 14.7. The number of carbonyl (C=O) groups is 1. The van der Waals surface area contributed by atoms with Crippen LogP contribution < -0.4 is 5.11 Å². The molecule has 0 spiro atoms. The number of carboxylic acid groups (broad SMARTS) is 1. The molecule has 0 radical (unpaired) electrons. The Kier molecular flexibility index (Phi) is 13.8. The summed E-state index contributed by atoms with van der Waals surface area (Å²) in [5.74, 6) is -0.916. The predicted octanol–water partition coefficient (Wildman–Crippen LogP) is 1.48. The van der Waals surface area contributed by atoms with Crippen LogP contribution in [-0.2, 0) is 27.2 Å². The van der Waals surface area contributed by atoms with Gasteiger partial charge in [-0.3, -0.25) is 0 Å². The number of carboxylic acids is 1. The van der Waals surface area contributed by atoms with E-state index in [1.165, 1.54) is 25.7 Å². The van der Waals surface area contributed by atoms with Crippen LogP contribution in [0.3, 0.4) is 0 Å². The van der Waals surface area contributed by atoms with Crippen LogP contribution in [0.5, 0.6) is 0 Å². The van der Waals surface area contributed by atoms with E-state index in [1.54, 1.807) is 0 Å². The first-order valence-corrected chi connectivity index (χ1v) is 4.47. The van der Waals surface area contributed by atoms with Crippen molar-refractivity contribution < 1.29 is 32.3 Å². The molecule has 0 unspecified atom stereocenters. The average Bonchev–Trinajstić information content (AvgIpc) is 1.96. The van der Waals surface area contributed by atoms with Crippen molar-refractivity contribution in [3.63, 3.8) is 0 Å². The van der Waals surface area contributed by atoms with Crippen molar-refractivity contribution in [2.45, 2.75) is 51.9 Å². The molecule has 0 amide bonds. The van der Waals surface area contributed by atoms with Gasteiger partial charge in [0.15, 0.2) is 0 Å². The number of rotatable bonds is 7. The fourth-order valence-electron chi connectivity index (χ4n) is 1.05. The second-order valence-electron chi connectivity index (χ2n) is 2.89. The van der Waals surface area contributed by atoms with Gasteiger partial charge in [0.25, 0.3) is 0 Å². The summed E-state index contributed by atoms with van der Waals surface area (Å²) in [5, 5.41) is 9.98. The largest absolute Gasteiger partial charge is 1.00 e. The Bertz CT molecular complexity index is 105. The van der Waals surface area contributed by atoms with E-state index in [4.69, 9.17) is 0 Å². The van der Waals surface area contributed by atoms with Crippen LogP contribution in [0.4, 0.5) is 0 Å². The first-order chi connectivity index (χ1) is 5.27. The van der Waals surface area contributed by atoms with E-state index in [-0.39, 0.29) is 28.8 Å². The van der Waals surface area contributed by atoms with Crippen LogP contribution in [0.25, 0.3) is 0 Å². The van der Waals surface area contributed by atoms with Crippen molar-refractivity contribution >= 4 is 5.97 Å². The van der Waals surface area contributed by atoms with Gasteiger partial charge >= 0.3 is 22.4 Å². The molecule has 3 heteroatoms. The molecule has 0 aromatic carbocycles. The predicted molar refractivity (Wildman–Crippen MR) is 43.0 cm³/mol. The summed E-state index contributed by atoms with van der Waals surface area (Å²) in [6.45, 7) is 2.17. The molecule has 0 saturated carbocycles. The Balaban J connectivity index is 0. The minimum Gasteiger partial charge on any atom is -0.550 e. The maximum absolute atomic E-state index is 9.98. The molecule has 0 aliphatic rings. The van der Waals surface area contributed by atoms with Gasteiger partial charge in [-0.05, 0) is 12.8 Å². The van der Waals surface area contributed by atoms with E-state index in [0.29, 0.717) is 0 Å². The van der Waals surface area contributed by atoms with Crippen molar-refractivity contribution in [1.29, 1.82) is 0 Å². The summed E-state index contributed by atoms with van der Waals surface area (Å²) in [6, 6.07) is 0. The van der Waals surface area contributed by atoms with Gasteiger partial charge in [-0.1, -0.05) is 39.0 Å². The first-order valence-electron chi connectivity index (χ1n) is 4.47. The minimum atomic E-state index is -0.916. The molecule has 0 fully saturated rings. The van der Waals surface area contributed by atoms with Crippen molar-refractivity contribution in [2.75, 3.05) is 0 Å². The Morgan fingerprint density at radius 3 is 2.08 bits per heavy atom. The minimum absolute atomic E-state index is 0. The third kappa shape index (κ3) is 12.8. The maximum Gasteiger partial charge on any atom is 1.00 e. The van der Waals surface area contributed by atoms with Crippen molar-refractivity contribution in [2.24, 2.45) is 0 Å². The number of aliphatic carboxylic acids is 1. The molecule has 0 bridgehead atoms. The van der Waals surface area contributed by atoms with Crippen LogP contribution in [-0.4, -0.2) is 5.97 Å². The van der Waals surface area contributed by atoms with Gasteiger partial charge in [0, 0.05) is 5.97 Å². The SMILES string of the molecule is CCCCCCCCC(=O)[O-].[Ag+]. The van der Waals surface area contributed by atoms with Gasteiger partial charge in [0.05, 0.1) is 0 Å². The quantitative estimate of drug-likeness (QED) is 0.516. The standard InChI is InChI=1S/C9H18O2.Ag/c1-2-3-4-5-6-7-8-9(10)11;/h2-8H2,1H3,(H,10,11);/q;+1/p-1. The Labute approximate surface area is 90.2 Å². The van der Waals surface area contributed by atoms with Gasteiger partial charge in [-0.25, -0.2) is 0 Å². The van der Waals surface area contributed by atoms with Gasteiger partial charge in [-0.2, -0.15) is 0 Å². The molecule has 0 heterocycles. The smallest absolute Gasteiger partial charge is 0.550 e. The Hall–Kier alpha value is 0.210. The van der Waals surface area contributed by atoms with Gasteiger partial charge in [0.2, 0.25) is 0 Å². The van der Waals surface area contributed by atoms with Crippen molar-refractivity contribution in [3.8, 4) is 0 Å². The summed E-state index contributed by atoms with van der Waals surface area (Å²) >= 11 is 0. The fourth-order valence-corrected chi connectivity index (χ4v) is 1.05. The van der Waals surface area contributed by atoms with E-state index < -0.39 is 5.97 Å². The molecule has 76 valence electrons. The number of carbonyl (C=O) groups excluding carboxylic acids is 1. The van der Waals surface area contributed by atoms with E-state index in [9.17, 15) is 9.90 Å². The van der Waals surface area contributed by atoms with Gasteiger partial charge in [0.1, 0.15) is 0 Å². The molecule has 2 nitrogen and oxygen atoms in total. The van der Waals surface area contributed by atoms with Crippen LogP contribution in [0.1, 0.15) is 51.9 Å². The van der Waals surface area contributed by atoms with Gasteiger partial charge < -0.3 is 9.90 Å². The number of unbranched alkanes of at least 4 members (excludes halogenated alkanes) is 5. The monoisotopic (exact) mass is 264 g/mol. The summed E-state index contributed by atoms with van der Waals surface area (Å²) in [6.07, 6.45) is 6.96. The second kappa shape index (κ2) is 11.2. The molecular formula is C9H17AgO2. The summed E-state index contributed by atoms with van der Waals surface area (Å²) in [5.41, 5.74) is 0. The Morgan fingerprint density at radius 1 is 1.08 bits per heavy atom. The molecular weight excluding hydrogens is 248 g/mol. The Morgan fingerprint density at radius 2 is 1.58 bits per heavy atom. The van der Waals surface area contributed by atoms with Crippen molar-refractivity contribution in [1.82, 2.24) is 0 Å². The molecule has 0 aromatic rings. The average molecular weight is 265 g/mol. The van der Waals surface area contributed by atoms with Crippen LogP contribution in [0, 0.1) is 0 Å². The fraction of sp³-hybridized carbons (Fsp3) is 0.889. The summed E-state index contributed by atoms with van der Waals surface area (Å²) in [4.78, 5) is 9.98. The maximum atomic E-state index is 9.98. The molecule has 0 N–H and O–H groups in total. The molecule has 0 saturated heterocycles. The summed E-state index contributed by atoms with van der Waals surface area (Å²) in [7, 11) is 0. The normalized spacial score (nSPS) is 9.08. The topological polar surface area (TPSA) is 40.1 Å². The zero-order chi connectivity index (χ0) is 8.53. The van der Waals surface area contributed by atoms with Crippen LogP contribution >= 0.6 is 0 Å². The zero-order valence-corrected chi connectivity index (χ0v) is 9.05. The van der Waals surface area contributed by atoms with Crippen LogP contribution in [0.15, 0.2) is 0 Å². The molecule has 0 rings (SSSR count). The van der Waals surface area contributed by atoms with E-state index in [2.05, 4.69) is 6.92 Å². The molecule has 0 aromatic heterocycles. The van der Waals surface area contributed by atoms with Crippen molar-refractivity contribution in [3.05, 3.63) is 0 Å².